The summed E-state index contributed by atoms with van der Waals surface area (Å²) in [5.41, 5.74) is 0.103. The quantitative estimate of drug-likeness (QED) is 0.634. The summed E-state index contributed by atoms with van der Waals surface area (Å²) in [4.78, 5) is 11.1. The molecule has 1 saturated heterocycles. The largest absolute Gasteiger partial charge is 0.336 e. The van der Waals surface area contributed by atoms with Gasteiger partial charge in [-0.15, -0.1) is 0 Å². The van der Waals surface area contributed by atoms with Crippen LogP contribution in [0.4, 0.5) is 4.79 Å². The van der Waals surface area contributed by atoms with Crippen LogP contribution in [0.25, 0.3) is 0 Å². The summed E-state index contributed by atoms with van der Waals surface area (Å²) < 4.78 is 0. The summed E-state index contributed by atoms with van der Waals surface area (Å²) in [5, 5.41) is 5.93. The van der Waals surface area contributed by atoms with E-state index in [-0.39, 0.29) is 11.6 Å². The Hall–Kier alpha value is -0.730. The van der Waals surface area contributed by atoms with Gasteiger partial charge in [-0.05, 0) is 31.1 Å². The number of carbonyl (C=O) groups is 1. The zero-order valence-corrected chi connectivity index (χ0v) is 8.39. The average molecular weight is 182 g/mol. The summed E-state index contributed by atoms with van der Waals surface area (Å²) in [7, 11) is 0. The second-order valence-electron chi connectivity index (χ2n) is 4.83. The lowest BCUT2D eigenvalue weighted by atomic mass is 9.91. The first-order valence-corrected chi connectivity index (χ1v) is 5.17. The fraction of sp³-hybridized carbons (Fsp3) is 0.900. The third-order valence-corrected chi connectivity index (χ3v) is 3.56. The van der Waals surface area contributed by atoms with Crippen molar-refractivity contribution in [2.24, 2.45) is 11.8 Å². The molecule has 13 heavy (non-hydrogen) atoms. The van der Waals surface area contributed by atoms with Crippen LogP contribution in [0.1, 0.15) is 33.1 Å². The summed E-state index contributed by atoms with van der Waals surface area (Å²) in [6.07, 6.45) is 3.57. The van der Waals surface area contributed by atoms with E-state index >= 15 is 0 Å². The molecule has 3 nitrogen and oxygen atoms in total. The fourth-order valence-electron chi connectivity index (χ4n) is 2.59. The maximum Gasteiger partial charge on any atom is 0.315 e. The molecule has 0 bridgehead atoms. The van der Waals surface area contributed by atoms with Gasteiger partial charge in [0, 0.05) is 6.54 Å². The summed E-state index contributed by atoms with van der Waals surface area (Å²) >= 11 is 0. The highest BCUT2D eigenvalue weighted by molar-refractivity contribution is 5.77. The van der Waals surface area contributed by atoms with Gasteiger partial charge in [0.25, 0.3) is 0 Å². The molecule has 0 unspecified atom stereocenters. The van der Waals surface area contributed by atoms with Crippen molar-refractivity contribution in [2.75, 3.05) is 6.54 Å². The van der Waals surface area contributed by atoms with E-state index in [1.54, 1.807) is 0 Å². The van der Waals surface area contributed by atoms with Crippen molar-refractivity contribution in [3.05, 3.63) is 0 Å². The van der Waals surface area contributed by atoms with Crippen LogP contribution in [0.15, 0.2) is 0 Å². The average Bonchev–Trinajstić information content (AvgIpc) is 2.61. The molecule has 0 aromatic rings. The molecule has 1 spiro atoms. The summed E-state index contributed by atoms with van der Waals surface area (Å²) in [6, 6.07) is 0.0180. The highest BCUT2D eigenvalue weighted by Gasteiger charge is 2.44. The van der Waals surface area contributed by atoms with Crippen LogP contribution in [0.2, 0.25) is 0 Å². The molecule has 0 aromatic heterocycles. The second-order valence-corrected chi connectivity index (χ2v) is 4.83. The number of hydrogen-bond acceptors (Lipinski definition) is 1. The van der Waals surface area contributed by atoms with Crippen molar-refractivity contribution in [1.82, 2.24) is 10.6 Å². The number of nitrogens with one attached hydrogen (secondary N) is 2. The van der Waals surface area contributed by atoms with Gasteiger partial charge in [0.1, 0.15) is 0 Å². The molecular formula is C10H18N2O. The molecule has 0 radical (unpaired) electrons. The SMILES string of the molecule is CC(C)[C@H]1CC[C@]2(CNC(=O)N2)C1. The van der Waals surface area contributed by atoms with Crippen LogP contribution in [0.5, 0.6) is 0 Å². The minimum absolute atomic E-state index is 0.0180. The van der Waals surface area contributed by atoms with Crippen molar-refractivity contribution in [1.29, 1.82) is 0 Å². The van der Waals surface area contributed by atoms with Gasteiger partial charge >= 0.3 is 6.03 Å². The highest BCUT2D eigenvalue weighted by Crippen LogP contribution is 2.39. The molecule has 2 fully saturated rings. The van der Waals surface area contributed by atoms with Gasteiger partial charge in [-0.25, -0.2) is 4.79 Å². The molecule has 2 aliphatic rings. The van der Waals surface area contributed by atoms with E-state index in [2.05, 4.69) is 24.5 Å². The Kier molecular flexibility index (Phi) is 1.97. The van der Waals surface area contributed by atoms with Gasteiger partial charge in [0.05, 0.1) is 5.54 Å². The molecule has 2 rings (SSSR count). The third kappa shape index (κ3) is 1.52. The maximum absolute atomic E-state index is 11.1. The van der Waals surface area contributed by atoms with Gasteiger partial charge in [0.15, 0.2) is 0 Å². The smallest absolute Gasteiger partial charge is 0.315 e. The molecule has 1 heterocycles. The van der Waals surface area contributed by atoms with Crippen LogP contribution >= 0.6 is 0 Å². The first-order chi connectivity index (χ1) is 6.11. The van der Waals surface area contributed by atoms with Crippen LogP contribution < -0.4 is 10.6 Å². The third-order valence-electron chi connectivity index (χ3n) is 3.56. The molecule has 3 heteroatoms. The first-order valence-electron chi connectivity index (χ1n) is 5.17. The van der Waals surface area contributed by atoms with Gasteiger partial charge in [-0.3, -0.25) is 0 Å². The summed E-state index contributed by atoms with van der Waals surface area (Å²) in [6.45, 7) is 5.37. The monoisotopic (exact) mass is 182 g/mol. The first kappa shape index (κ1) is 8.85. The minimum Gasteiger partial charge on any atom is -0.336 e. The van der Waals surface area contributed by atoms with E-state index < -0.39 is 0 Å². The topological polar surface area (TPSA) is 41.1 Å². The molecule has 1 aliphatic carbocycles. The van der Waals surface area contributed by atoms with E-state index in [1.807, 2.05) is 0 Å². The Morgan fingerprint density at radius 2 is 2.31 bits per heavy atom. The molecule has 1 saturated carbocycles. The molecule has 74 valence electrons. The summed E-state index contributed by atoms with van der Waals surface area (Å²) in [5.74, 6) is 1.54. The fourth-order valence-corrected chi connectivity index (χ4v) is 2.59. The zero-order valence-electron chi connectivity index (χ0n) is 8.39. The predicted molar refractivity (Wildman–Crippen MR) is 51.4 cm³/mol. The van der Waals surface area contributed by atoms with Gasteiger partial charge in [-0.1, -0.05) is 13.8 Å². The van der Waals surface area contributed by atoms with Crippen molar-refractivity contribution < 1.29 is 4.79 Å². The molecule has 1 aliphatic heterocycles. The van der Waals surface area contributed by atoms with Gasteiger partial charge < -0.3 is 10.6 Å². The van der Waals surface area contributed by atoms with Gasteiger partial charge in [-0.2, -0.15) is 0 Å². The van der Waals surface area contributed by atoms with E-state index in [9.17, 15) is 4.79 Å². The minimum atomic E-state index is 0.0180. The Labute approximate surface area is 79.3 Å². The van der Waals surface area contributed by atoms with Crippen molar-refractivity contribution in [3.8, 4) is 0 Å². The van der Waals surface area contributed by atoms with Crippen LogP contribution in [-0.4, -0.2) is 18.1 Å². The molecular weight excluding hydrogens is 164 g/mol. The Balaban J connectivity index is 2.01. The van der Waals surface area contributed by atoms with Crippen LogP contribution in [0, 0.1) is 11.8 Å². The Morgan fingerprint density at radius 3 is 2.77 bits per heavy atom. The van der Waals surface area contributed by atoms with Crippen LogP contribution in [-0.2, 0) is 0 Å². The number of amides is 2. The van der Waals surface area contributed by atoms with Crippen molar-refractivity contribution >= 4 is 6.03 Å². The number of carbonyl (C=O) groups excluding carboxylic acids is 1. The lowest BCUT2D eigenvalue weighted by Gasteiger charge is -2.22. The molecule has 2 N–H and O–H groups in total. The molecule has 0 aromatic carbocycles. The number of rotatable bonds is 1. The van der Waals surface area contributed by atoms with Crippen molar-refractivity contribution in [3.63, 3.8) is 0 Å². The Bertz CT molecular complexity index is 227. The standard InChI is InChI=1S/C10H18N2O/c1-7(2)8-3-4-10(5-8)6-11-9(13)12-10/h7-8H,3-6H2,1-2H3,(H2,11,12,13)/t8-,10+/m0/s1. The van der Waals surface area contributed by atoms with E-state index in [0.29, 0.717) is 0 Å². The van der Waals surface area contributed by atoms with E-state index in [0.717, 1.165) is 31.2 Å². The van der Waals surface area contributed by atoms with E-state index in [1.165, 1.54) is 6.42 Å². The second kappa shape index (κ2) is 2.89. The number of urea groups is 1. The van der Waals surface area contributed by atoms with Crippen LogP contribution in [0.3, 0.4) is 0 Å². The van der Waals surface area contributed by atoms with Gasteiger partial charge in [0.2, 0.25) is 0 Å². The highest BCUT2D eigenvalue weighted by atomic mass is 16.2. The zero-order chi connectivity index (χ0) is 9.47. The normalized spacial score (nSPS) is 38.4. The lowest BCUT2D eigenvalue weighted by Crippen LogP contribution is -2.41. The number of hydrogen-bond donors (Lipinski definition) is 2. The predicted octanol–water partition coefficient (Wildman–Crippen LogP) is 1.49. The Morgan fingerprint density at radius 1 is 1.54 bits per heavy atom. The maximum atomic E-state index is 11.1. The van der Waals surface area contributed by atoms with Crippen molar-refractivity contribution in [2.45, 2.75) is 38.6 Å². The van der Waals surface area contributed by atoms with E-state index in [4.69, 9.17) is 0 Å². The lowest BCUT2D eigenvalue weighted by molar-refractivity contribution is 0.243. The molecule has 2 atom stereocenters. The molecule has 2 amide bonds.